The molecule has 30 heavy (non-hydrogen) atoms. The van der Waals surface area contributed by atoms with Crippen LogP contribution in [0.15, 0.2) is 53.7 Å². The van der Waals surface area contributed by atoms with Crippen molar-refractivity contribution in [3.63, 3.8) is 0 Å². The van der Waals surface area contributed by atoms with Gasteiger partial charge in [0, 0.05) is 25.5 Å². The minimum absolute atomic E-state index is 0.0109. The quantitative estimate of drug-likeness (QED) is 0.566. The van der Waals surface area contributed by atoms with E-state index >= 15 is 0 Å². The number of rotatable bonds is 7. The van der Waals surface area contributed by atoms with Crippen LogP contribution in [-0.4, -0.2) is 52.3 Å². The zero-order valence-electron chi connectivity index (χ0n) is 15.9. The first kappa shape index (κ1) is 21.4. The lowest BCUT2D eigenvalue weighted by Crippen LogP contribution is -2.17. The third-order valence-corrected chi connectivity index (χ3v) is 4.67. The zero-order valence-corrected chi connectivity index (χ0v) is 16.7. The molecule has 158 valence electrons. The third-order valence-electron chi connectivity index (χ3n) is 3.76. The lowest BCUT2D eigenvalue weighted by molar-refractivity contribution is -0.274. The molecule has 8 nitrogen and oxygen atoms in total. The first-order chi connectivity index (χ1) is 14.2. The Kier molecular flexibility index (Phi) is 6.45. The van der Waals surface area contributed by atoms with Gasteiger partial charge in [0.1, 0.15) is 5.75 Å². The number of aromatic nitrogens is 4. The van der Waals surface area contributed by atoms with Crippen LogP contribution in [-0.2, 0) is 4.79 Å². The van der Waals surface area contributed by atoms with Crippen LogP contribution in [0, 0.1) is 0 Å². The van der Waals surface area contributed by atoms with Crippen molar-refractivity contribution >= 4 is 29.0 Å². The monoisotopic (exact) mass is 438 g/mol. The second-order valence-electron chi connectivity index (χ2n) is 6.19. The van der Waals surface area contributed by atoms with E-state index in [9.17, 15) is 18.0 Å². The maximum atomic E-state index is 12.2. The molecular weight excluding hydrogens is 421 g/mol. The van der Waals surface area contributed by atoms with Crippen LogP contribution in [0.4, 0.5) is 24.5 Å². The molecule has 0 unspecified atom stereocenters. The van der Waals surface area contributed by atoms with Crippen LogP contribution in [0.5, 0.6) is 5.75 Å². The van der Waals surface area contributed by atoms with E-state index < -0.39 is 6.36 Å². The van der Waals surface area contributed by atoms with E-state index in [1.54, 1.807) is 0 Å². The van der Waals surface area contributed by atoms with Crippen LogP contribution in [0.3, 0.4) is 0 Å². The number of hydrogen-bond acceptors (Lipinski definition) is 7. The lowest BCUT2D eigenvalue weighted by atomic mass is 10.3. The number of amides is 1. The standard InChI is InChI=1S/C18H17F3N6O2S/c1-26(2)13-5-7-14(8-6-13)27-17(23-24-25-27)30-11-16(28)22-12-3-9-15(10-4-12)29-18(19,20)21/h3-10H,11H2,1-2H3,(H,22,28). The molecule has 0 atom stereocenters. The van der Waals surface area contributed by atoms with Gasteiger partial charge in [0.2, 0.25) is 11.1 Å². The SMILES string of the molecule is CN(C)c1ccc(-n2nnnc2SCC(=O)Nc2ccc(OC(F)(F)F)cc2)cc1. The van der Waals surface area contributed by atoms with Gasteiger partial charge in [-0.15, -0.1) is 18.3 Å². The zero-order chi connectivity index (χ0) is 21.7. The van der Waals surface area contributed by atoms with Crippen LogP contribution in [0.1, 0.15) is 0 Å². The van der Waals surface area contributed by atoms with Crippen LogP contribution in [0.25, 0.3) is 5.69 Å². The van der Waals surface area contributed by atoms with Gasteiger partial charge >= 0.3 is 6.36 Å². The Morgan fingerprint density at radius 2 is 1.80 bits per heavy atom. The maximum Gasteiger partial charge on any atom is 0.573 e. The van der Waals surface area contributed by atoms with Gasteiger partial charge in [-0.1, -0.05) is 11.8 Å². The topological polar surface area (TPSA) is 85.2 Å². The highest BCUT2D eigenvalue weighted by Gasteiger charge is 2.30. The van der Waals surface area contributed by atoms with Gasteiger partial charge in [-0.25, -0.2) is 0 Å². The normalized spacial score (nSPS) is 11.2. The van der Waals surface area contributed by atoms with Crippen molar-refractivity contribution in [2.45, 2.75) is 11.5 Å². The average molecular weight is 438 g/mol. The predicted molar refractivity (Wildman–Crippen MR) is 106 cm³/mol. The number of alkyl halides is 3. The van der Waals surface area contributed by atoms with E-state index in [1.165, 1.54) is 16.8 Å². The Morgan fingerprint density at radius 3 is 2.40 bits per heavy atom. The Hall–Kier alpha value is -3.28. The highest BCUT2D eigenvalue weighted by Crippen LogP contribution is 2.24. The fraction of sp³-hybridized carbons (Fsp3) is 0.222. The molecule has 0 aliphatic heterocycles. The minimum atomic E-state index is -4.77. The minimum Gasteiger partial charge on any atom is -0.406 e. The number of ether oxygens (including phenoxy) is 1. The molecule has 0 spiro atoms. The molecule has 0 bridgehead atoms. The first-order valence-corrected chi connectivity index (χ1v) is 9.54. The molecule has 1 aromatic heterocycles. The van der Waals surface area contributed by atoms with Crippen LogP contribution in [0.2, 0.25) is 0 Å². The van der Waals surface area contributed by atoms with E-state index in [0.717, 1.165) is 35.3 Å². The Balaban J connectivity index is 1.57. The molecule has 1 amide bonds. The van der Waals surface area contributed by atoms with Crippen molar-refractivity contribution in [2.24, 2.45) is 0 Å². The summed E-state index contributed by atoms with van der Waals surface area (Å²) in [7, 11) is 3.87. The first-order valence-electron chi connectivity index (χ1n) is 8.56. The third kappa shape index (κ3) is 5.86. The largest absolute Gasteiger partial charge is 0.573 e. The predicted octanol–water partition coefficient (Wildman–Crippen LogP) is 3.36. The molecule has 2 aromatic carbocycles. The summed E-state index contributed by atoms with van der Waals surface area (Å²) in [5.41, 5.74) is 2.11. The van der Waals surface area contributed by atoms with Gasteiger partial charge in [-0.3, -0.25) is 4.79 Å². The van der Waals surface area contributed by atoms with Gasteiger partial charge in [0.25, 0.3) is 0 Å². The molecule has 0 radical (unpaired) electrons. The van der Waals surface area contributed by atoms with Crippen molar-refractivity contribution in [1.29, 1.82) is 0 Å². The van der Waals surface area contributed by atoms with Gasteiger partial charge in [-0.2, -0.15) is 4.68 Å². The highest BCUT2D eigenvalue weighted by atomic mass is 32.2. The number of nitrogens with one attached hydrogen (secondary N) is 1. The summed E-state index contributed by atoms with van der Waals surface area (Å²) in [5.74, 6) is -0.715. The van der Waals surface area contributed by atoms with E-state index in [4.69, 9.17) is 0 Å². The van der Waals surface area contributed by atoms with Crippen LogP contribution >= 0.6 is 11.8 Å². The number of carbonyl (C=O) groups excluding carboxylic acids is 1. The molecule has 1 heterocycles. The second-order valence-corrected chi connectivity index (χ2v) is 7.14. The maximum absolute atomic E-state index is 12.2. The summed E-state index contributed by atoms with van der Waals surface area (Å²) >= 11 is 1.13. The van der Waals surface area contributed by atoms with E-state index in [1.807, 2.05) is 43.3 Å². The molecule has 1 N–H and O–H groups in total. The molecule has 0 aliphatic rings. The van der Waals surface area contributed by atoms with E-state index in [0.29, 0.717) is 10.8 Å². The molecule has 3 aromatic rings. The lowest BCUT2D eigenvalue weighted by Gasteiger charge is -2.12. The Bertz CT molecular complexity index is 990. The molecule has 0 fully saturated rings. The second kappa shape index (κ2) is 9.03. The molecule has 12 heteroatoms. The molecule has 0 saturated heterocycles. The van der Waals surface area contributed by atoms with Crippen molar-refractivity contribution in [3.05, 3.63) is 48.5 Å². The summed E-state index contributed by atoms with van der Waals surface area (Å²) in [4.78, 5) is 14.1. The van der Waals surface area contributed by atoms with E-state index in [-0.39, 0.29) is 17.4 Å². The van der Waals surface area contributed by atoms with Crippen molar-refractivity contribution in [3.8, 4) is 11.4 Å². The van der Waals surface area contributed by atoms with Gasteiger partial charge in [-0.05, 0) is 59.0 Å². The smallest absolute Gasteiger partial charge is 0.406 e. The van der Waals surface area contributed by atoms with Gasteiger partial charge < -0.3 is 15.0 Å². The van der Waals surface area contributed by atoms with Crippen molar-refractivity contribution in [1.82, 2.24) is 20.2 Å². The number of halogens is 3. The Morgan fingerprint density at radius 1 is 1.13 bits per heavy atom. The molecule has 0 aliphatic carbocycles. The summed E-state index contributed by atoms with van der Waals surface area (Å²) in [6.07, 6.45) is -4.77. The number of carbonyl (C=O) groups is 1. The fourth-order valence-corrected chi connectivity index (χ4v) is 3.08. The summed E-state index contributed by atoms with van der Waals surface area (Å²) in [6, 6.07) is 12.4. The summed E-state index contributed by atoms with van der Waals surface area (Å²) < 4.78 is 41.9. The number of benzene rings is 2. The van der Waals surface area contributed by atoms with Crippen molar-refractivity contribution in [2.75, 3.05) is 30.1 Å². The molecular formula is C18H17F3N6O2S. The molecule has 0 saturated carbocycles. The molecule has 3 rings (SSSR count). The average Bonchev–Trinajstić information content (AvgIpc) is 3.15. The summed E-state index contributed by atoms with van der Waals surface area (Å²) in [5, 5.41) is 14.5. The van der Waals surface area contributed by atoms with Gasteiger partial charge in [0.05, 0.1) is 11.4 Å². The fourth-order valence-electron chi connectivity index (χ4n) is 2.39. The van der Waals surface area contributed by atoms with Crippen LogP contribution < -0.4 is 15.0 Å². The Labute approximate surface area is 174 Å². The van der Waals surface area contributed by atoms with E-state index in [2.05, 4.69) is 25.6 Å². The number of tetrazole rings is 1. The number of hydrogen-bond donors (Lipinski definition) is 1. The van der Waals surface area contributed by atoms with Crippen molar-refractivity contribution < 1.29 is 22.7 Å². The summed E-state index contributed by atoms with van der Waals surface area (Å²) in [6.45, 7) is 0. The number of anilines is 2. The van der Waals surface area contributed by atoms with Gasteiger partial charge in [0.15, 0.2) is 0 Å². The number of thioether (sulfide) groups is 1. The highest BCUT2D eigenvalue weighted by molar-refractivity contribution is 7.99. The number of nitrogens with zero attached hydrogens (tertiary/aromatic N) is 5.